The molecule has 21 heavy (non-hydrogen) atoms. The molecule has 1 atom stereocenters. The molecule has 0 bridgehead atoms. The quantitative estimate of drug-likeness (QED) is 0.756. The van der Waals surface area contributed by atoms with E-state index in [0.717, 1.165) is 30.0 Å². The number of ether oxygens (including phenoxy) is 2. The van der Waals surface area contributed by atoms with Gasteiger partial charge in [-0.2, -0.15) is 0 Å². The lowest BCUT2D eigenvalue weighted by Crippen LogP contribution is -2.22. The van der Waals surface area contributed by atoms with E-state index in [2.05, 4.69) is 5.32 Å². The monoisotopic (exact) mass is 315 g/mol. The molecule has 0 saturated heterocycles. The molecule has 0 heterocycles. The van der Waals surface area contributed by atoms with Gasteiger partial charge < -0.3 is 14.8 Å². The summed E-state index contributed by atoms with van der Waals surface area (Å²) in [5, 5.41) is 3.38. The van der Waals surface area contributed by atoms with Crippen LogP contribution in [0.15, 0.2) is 18.2 Å². The summed E-state index contributed by atoms with van der Waals surface area (Å²) < 4.78 is 33.1. The molecule has 0 aliphatic rings. The second-order valence-corrected chi connectivity index (χ2v) is 7.25. The van der Waals surface area contributed by atoms with E-state index in [4.69, 9.17) is 9.47 Å². The zero-order valence-electron chi connectivity index (χ0n) is 13.2. The number of methoxy groups -OCH3 is 2. The summed E-state index contributed by atoms with van der Waals surface area (Å²) in [6.45, 7) is 2.83. The summed E-state index contributed by atoms with van der Waals surface area (Å²) in [7, 11) is 0.314. The molecule has 1 rings (SSSR count). The fourth-order valence-corrected chi connectivity index (χ4v) is 2.96. The molecule has 1 aromatic carbocycles. The van der Waals surface area contributed by atoms with Gasteiger partial charge in [-0.05, 0) is 25.5 Å². The third kappa shape index (κ3) is 5.93. The zero-order valence-corrected chi connectivity index (χ0v) is 14.0. The van der Waals surface area contributed by atoms with Gasteiger partial charge in [-0.3, -0.25) is 0 Å². The van der Waals surface area contributed by atoms with Gasteiger partial charge in [-0.1, -0.05) is 13.0 Å². The van der Waals surface area contributed by atoms with Gasteiger partial charge in [0.15, 0.2) is 0 Å². The van der Waals surface area contributed by atoms with Gasteiger partial charge in [0.05, 0.1) is 14.2 Å². The summed E-state index contributed by atoms with van der Waals surface area (Å²) in [6, 6.07) is 5.76. The standard InChI is InChI=1S/C15H25NO4S/c1-5-16-14(7-6-10-21(4,17)18)13-9-8-12(19-2)11-15(13)20-3/h8-9,11,14,16H,5-7,10H2,1-4H3. The van der Waals surface area contributed by atoms with Crippen molar-refractivity contribution in [1.29, 1.82) is 0 Å². The maximum atomic E-state index is 11.3. The molecule has 0 saturated carbocycles. The Morgan fingerprint density at radius 3 is 2.48 bits per heavy atom. The van der Waals surface area contributed by atoms with Crippen molar-refractivity contribution in [2.75, 3.05) is 32.8 Å². The normalized spacial score (nSPS) is 13.0. The van der Waals surface area contributed by atoms with Crippen LogP contribution in [0.2, 0.25) is 0 Å². The van der Waals surface area contributed by atoms with Gasteiger partial charge >= 0.3 is 0 Å². The fraction of sp³-hybridized carbons (Fsp3) is 0.600. The lowest BCUT2D eigenvalue weighted by atomic mass is 10.0. The van der Waals surface area contributed by atoms with Crippen LogP contribution in [-0.4, -0.2) is 41.2 Å². The highest BCUT2D eigenvalue weighted by Crippen LogP contribution is 2.31. The van der Waals surface area contributed by atoms with Crippen LogP contribution in [0.3, 0.4) is 0 Å². The van der Waals surface area contributed by atoms with Gasteiger partial charge in [0, 0.05) is 29.7 Å². The predicted octanol–water partition coefficient (Wildman–Crippen LogP) is 2.18. The SMILES string of the molecule is CCNC(CCCS(C)(=O)=O)c1ccc(OC)cc1OC. The van der Waals surface area contributed by atoms with Crippen molar-refractivity contribution in [3.63, 3.8) is 0 Å². The van der Waals surface area contributed by atoms with Crippen LogP contribution in [0.25, 0.3) is 0 Å². The molecule has 0 amide bonds. The van der Waals surface area contributed by atoms with Crippen LogP contribution in [0.4, 0.5) is 0 Å². The Morgan fingerprint density at radius 1 is 1.24 bits per heavy atom. The Balaban J connectivity index is 2.89. The molecule has 0 aromatic heterocycles. The molecule has 0 spiro atoms. The van der Waals surface area contributed by atoms with Gasteiger partial charge in [-0.25, -0.2) is 8.42 Å². The van der Waals surface area contributed by atoms with E-state index in [1.165, 1.54) is 6.26 Å². The highest BCUT2D eigenvalue weighted by Gasteiger charge is 2.16. The van der Waals surface area contributed by atoms with Crippen LogP contribution in [0.1, 0.15) is 31.4 Å². The second kappa shape index (κ2) is 8.24. The van der Waals surface area contributed by atoms with E-state index < -0.39 is 9.84 Å². The third-order valence-electron chi connectivity index (χ3n) is 3.27. The minimum atomic E-state index is -2.92. The number of nitrogens with one attached hydrogen (secondary N) is 1. The Kier molecular flexibility index (Phi) is 6.98. The number of sulfone groups is 1. The molecule has 120 valence electrons. The Bertz CT molecular complexity index is 543. The summed E-state index contributed by atoms with van der Waals surface area (Å²) in [6.07, 6.45) is 2.62. The van der Waals surface area contributed by atoms with E-state index in [9.17, 15) is 8.42 Å². The van der Waals surface area contributed by atoms with Crippen molar-refractivity contribution >= 4 is 9.84 Å². The zero-order chi connectivity index (χ0) is 15.9. The largest absolute Gasteiger partial charge is 0.497 e. The first kappa shape index (κ1) is 17.8. The van der Waals surface area contributed by atoms with E-state index in [1.807, 2.05) is 25.1 Å². The number of rotatable bonds is 9. The molecule has 6 heteroatoms. The molecule has 0 radical (unpaired) electrons. The van der Waals surface area contributed by atoms with E-state index in [0.29, 0.717) is 6.42 Å². The Morgan fingerprint density at radius 2 is 1.95 bits per heavy atom. The average molecular weight is 315 g/mol. The van der Waals surface area contributed by atoms with Crippen molar-refractivity contribution in [2.24, 2.45) is 0 Å². The van der Waals surface area contributed by atoms with Crippen LogP contribution in [0.5, 0.6) is 11.5 Å². The van der Waals surface area contributed by atoms with Crippen molar-refractivity contribution in [2.45, 2.75) is 25.8 Å². The highest BCUT2D eigenvalue weighted by molar-refractivity contribution is 7.90. The number of hydrogen-bond acceptors (Lipinski definition) is 5. The summed E-state index contributed by atoms with van der Waals surface area (Å²) in [5.74, 6) is 1.69. The molecular weight excluding hydrogens is 290 g/mol. The lowest BCUT2D eigenvalue weighted by Gasteiger charge is -2.21. The summed E-state index contributed by atoms with van der Waals surface area (Å²) in [5.41, 5.74) is 1.02. The highest BCUT2D eigenvalue weighted by atomic mass is 32.2. The lowest BCUT2D eigenvalue weighted by molar-refractivity contribution is 0.382. The van der Waals surface area contributed by atoms with Gasteiger partial charge in [0.25, 0.3) is 0 Å². The van der Waals surface area contributed by atoms with Crippen molar-refractivity contribution < 1.29 is 17.9 Å². The van der Waals surface area contributed by atoms with Crippen LogP contribution >= 0.6 is 0 Å². The maximum Gasteiger partial charge on any atom is 0.147 e. The first-order valence-electron chi connectivity index (χ1n) is 7.04. The first-order chi connectivity index (χ1) is 9.91. The minimum absolute atomic E-state index is 0.0672. The van der Waals surface area contributed by atoms with Crippen LogP contribution in [0, 0.1) is 0 Å². The van der Waals surface area contributed by atoms with E-state index in [-0.39, 0.29) is 11.8 Å². The van der Waals surface area contributed by atoms with Gasteiger partial charge in [-0.15, -0.1) is 0 Å². The molecule has 1 N–H and O–H groups in total. The summed E-state index contributed by atoms with van der Waals surface area (Å²) in [4.78, 5) is 0. The Hall–Kier alpha value is -1.27. The van der Waals surface area contributed by atoms with E-state index in [1.54, 1.807) is 14.2 Å². The molecular formula is C15H25NO4S. The number of hydrogen-bond donors (Lipinski definition) is 1. The second-order valence-electron chi connectivity index (χ2n) is 4.99. The van der Waals surface area contributed by atoms with Crippen LogP contribution in [-0.2, 0) is 9.84 Å². The van der Waals surface area contributed by atoms with Gasteiger partial charge in [0.2, 0.25) is 0 Å². The number of benzene rings is 1. The molecule has 0 aliphatic carbocycles. The van der Waals surface area contributed by atoms with Crippen LogP contribution < -0.4 is 14.8 Å². The van der Waals surface area contributed by atoms with Crippen molar-refractivity contribution in [1.82, 2.24) is 5.32 Å². The predicted molar refractivity (Wildman–Crippen MR) is 84.9 cm³/mol. The molecule has 0 fully saturated rings. The van der Waals surface area contributed by atoms with Gasteiger partial charge in [0.1, 0.15) is 21.3 Å². The third-order valence-corrected chi connectivity index (χ3v) is 4.30. The smallest absolute Gasteiger partial charge is 0.147 e. The molecule has 1 aromatic rings. The first-order valence-corrected chi connectivity index (χ1v) is 9.10. The van der Waals surface area contributed by atoms with Crippen molar-refractivity contribution in [3.8, 4) is 11.5 Å². The summed E-state index contributed by atoms with van der Waals surface area (Å²) >= 11 is 0. The molecule has 5 nitrogen and oxygen atoms in total. The van der Waals surface area contributed by atoms with Crippen molar-refractivity contribution in [3.05, 3.63) is 23.8 Å². The maximum absolute atomic E-state index is 11.3. The Labute approximate surface area is 127 Å². The molecule has 1 unspecified atom stereocenters. The molecule has 0 aliphatic heterocycles. The minimum Gasteiger partial charge on any atom is -0.497 e. The fourth-order valence-electron chi connectivity index (χ4n) is 2.27. The van der Waals surface area contributed by atoms with E-state index >= 15 is 0 Å². The average Bonchev–Trinajstić information content (AvgIpc) is 2.44. The topological polar surface area (TPSA) is 64.6 Å².